The van der Waals surface area contributed by atoms with Crippen LogP contribution in [0.25, 0.3) is 11.0 Å². The summed E-state index contributed by atoms with van der Waals surface area (Å²) in [5.41, 5.74) is 1.71. The van der Waals surface area contributed by atoms with Crippen molar-refractivity contribution in [2.24, 2.45) is 0 Å². The number of aromatic nitrogens is 3. The highest BCUT2D eigenvalue weighted by atomic mass is 32.2. The molecule has 94 valence electrons. The number of hydrogen-bond donors (Lipinski definition) is 2. The van der Waals surface area contributed by atoms with Gasteiger partial charge in [0.05, 0.1) is 11.0 Å². The quantitative estimate of drug-likeness (QED) is 0.701. The Morgan fingerprint density at radius 1 is 1.16 bits per heavy atom. The largest absolute Gasteiger partial charge is 0.324 e. The maximum Gasteiger partial charge on any atom is 0.292 e. The number of amides is 1. The normalized spacial score (nSPS) is 10.5. The second-order valence-electron chi connectivity index (χ2n) is 3.79. The number of carbonyl (C=O) groups is 1. The van der Waals surface area contributed by atoms with Crippen molar-refractivity contribution >= 4 is 34.0 Å². The molecule has 1 amide bonds. The van der Waals surface area contributed by atoms with E-state index in [0.717, 1.165) is 22.8 Å². The summed E-state index contributed by atoms with van der Waals surface area (Å²) in [4.78, 5) is 23.2. The Hall–Kier alpha value is -2.34. The number of aromatic amines is 1. The first-order valence-electron chi connectivity index (χ1n) is 5.66. The average molecular weight is 270 g/mol. The Morgan fingerprint density at radius 2 is 2.00 bits per heavy atom. The smallest absolute Gasteiger partial charge is 0.292 e. The van der Waals surface area contributed by atoms with E-state index in [2.05, 4.69) is 20.3 Å². The number of pyridine rings is 1. The molecule has 2 heterocycles. The Morgan fingerprint density at radius 3 is 2.79 bits per heavy atom. The molecule has 3 rings (SSSR count). The van der Waals surface area contributed by atoms with Gasteiger partial charge in [0, 0.05) is 6.20 Å². The number of nitrogens with zero attached hydrogens (tertiary/aromatic N) is 2. The summed E-state index contributed by atoms with van der Waals surface area (Å²) < 4.78 is 0. The molecular weight excluding hydrogens is 260 g/mol. The van der Waals surface area contributed by atoms with Crippen molar-refractivity contribution in [3.63, 3.8) is 0 Å². The van der Waals surface area contributed by atoms with E-state index in [-0.39, 0.29) is 5.24 Å². The summed E-state index contributed by atoms with van der Waals surface area (Å²) >= 11 is 1.03. The van der Waals surface area contributed by atoms with Gasteiger partial charge in [-0.05, 0) is 36.0 Å². The van der Waals surface area contributed by atoms with Crippen LogP contribution in [0.1, 0.15) is 0 Å². The summed E-state index contributed by atoms with van der Waals surface area (Å²) in [5, 5.41) is 3.12. The van der Waals surface area contributed by atoms with Crippen molar-refractivity contribution in [1.29, 1.82) is 0 Å². The summed E-state index contributed by atoms with van der Waals surface area (Å²) in [6.45, 7) is 0. The molecule has 2 N–H and O–H groups in total. The predicted octanol–water partition coefficient (Wildman–Crippen LogP) is 3.28. The van der Waals surface area contributed by atoms with Gasteiger partial charge in [0.1, 0.15) is 5.03 Å². The zero-order valence-electron chi connectivity index (χ0n) is 9.83. The van der Waals surface area contributed by atoms with Crippen molar-refractivity contribution < 1.29 is 4.79 Å². The summed E-state index contributed by atoms with van der Waals surface area (Å²) in [7, 11) is 0. The molecule has 1 aromatic carbocycles. The number of thioether (sulfide) groups is 1. The predicted molar refractivity (Wildman–Crippen MR) is 75.2 cm³/mol. The van der Waals surface area contributed by atoms with Gasteiger partial charge in [-0.1, -0.05) is 18.2 Å². The van der Waals surface area contributed by atoms with Crippen molar-refractivity contribution in [1.82, 2.24) is 15.0 Å². The lowest BCUT2D eigenvalue weighted by Crippen LogP contribution is -2.06. The zero-order chi connectivity index (χ0) is 13.1. The summed E-state index contributed by atoms with van der Waals surface area (Å²) in [5.74, 6) is 0.439. The lowest BCUT2D eigenvalue weighted by atomic mass is 10.3. The number of carbonyl (C=O) groups excluding carboxylic acids is 1. The average Bonchev–Trinajstić information content (AvgIpc) is 2.81. The van der Waals surface area contributed by atoms with Gasteiger partial charge in [0.15, 0.2) is 0 Å². The van der Waals surface area contributed by atoms with Crippen LogP contribution in [0.2, 0.25) is 0 Å². The van der Waals surface area contributed by atoms with Crippen LogP contribution in [0.5, 0.6) is 0 Å². The van der Waals surface area contributed by atoms with Gasteiger partial charge in [-0.25, -0.2) is 9.97 Å². The van der Waals surface area contributed by atoms with Gasteiger partial charge < -0.3 is 4.98 Å². The first-order chi connectivity index (χ1) is 9.31. The number of hydrogen-bond acceptors (Lipinski definition) is 4. The van der Waals surface area contributed by atoms with E-state index in [9.17, 15) is 4.79 Å². The highest BCUT2D eigenvalue weighted by Crippen LogP contribution is 2.19. The lowest BCUT2D eigenvalue weighted by Gasteiger charge is -1.99. The zero-order valence-corrected chi connectivity index (χ0v) is 10.6. The van der Waals surface area contributed by atoms with E-state index in [4.69, 9.17) is 0 Å². The van der Waals surface area contributed by atoms with Crippen LogP contribution >= 0.6 is 11.8 Å². The van der Waals surface area contributed by atoms with Crippen LogP contribution < -0.4 is 5.32 Å². The number of fused-ring (bicyclic) bond motifs is 1. The summed E-state index contributed by atoms with van der Waals surface area (Å²) in [6, 6.07) is 13.0. The van der Waals surface area contributed by atoms with Gasteiger partial charge in [-0.3, -0.25) is 10.1 Å². The number of benzene rings is 1. The minimum atomic E-state index is -0.224. The Labute approximate surface area is 113 Å². The molecule has 0 saturated carbocycles. The third-order valence-corrected chi connectivity index (χ3v) is 3.18. The lowest BCUT2D eigenvalue weighted by molar-refractivity contribution is 0.269. The Kier molecular flexibility index (Phi) is 3.16. The van der Waals surface area contributed by atoms with Gasteiger partial charge in [-0.2, -0.15) is 0 Å². The van der Waals surface area contributed by atoms with Crippen molar-refractivity contribution in [2.45, 2.75) is 5.03 Å². The molecule has 0 aliphatic carbocycles. The van der Waals surface area contributed by atoms with Crippen LogP contribution in [-0.2, 0) is 0 Å². The monoisotopic (exact) mass is 270 g/mol. The van der Waals surface area contributed by atoms with Crippen LogP contribution in [0.3, 0.4) is 0 Å². The minimum absolute atomic E-state index is 0.224. The van der Waals surface area contributed by atoms with Crippen LogP contribution in [0.4, 0.5) is 10.7 Å². The number of imidazole rings is 1. The first-order valence-corrected chi connectivity index (χ1v) is 6.47. The third kappa shape index (κ3) is 2.74. The van der Waals surface area contributed by atoms with Gasteiger partial charge in [0.25, 0.3) is 5.24 Å². The highest BCUT2D eigenvalue weighted by molar-refractivity contribution is 8.13. The molecule has 19 heavy (non-hydrogen) atoms. The van der Waals surface area contributed by atoms with Crippen LogP contribution in [0, 0.1) is 0 Å². The van der Waals surface area contributed by atoms with Crippen molar-refractivity contribution in [3.8, 4) is 0 Å². The van der Waals surface area contributed by atoms with Crippen LogP contribution in [-0.4, -0.2) is 20.2 Å². The minimum Gasteiger partial charge on any atom is -0.324 e. The number of rotatable bonds is 2. The standard InChI is InChI=1S/C13H10N4OS/c18-13(19-11-7-3-4-8-14-11)17-12-15-9-5-1-2-6-10(9)16-12/h1-8H,(H2,15,16,17,18). The van der Waals surface area contributed by atoms with Crippen molar-refractivity contribution in [2.75, 3.05) is 5.32 Å². The third-order valence-electron chi connectivity index (χ3n) is 2.44. The van der Waals surface area contributed by atoms with E-state index in [1.165, 1.54) is 0 Å². The molecule has 0 aliphatic heterocycles. The Balaban J connectivity index is 1.72. The van der Waals surface area contributed by atoms with E-state index < -0.39 is 0 Å². The topological polar surface area (TPSA) is 70.7 Å². The van der Waals surface area contributed by atoms with E-state index in [1.807, 2.05) is 30.3 Å². The SMILES string of the molecule is O=C(Nc1nc2ccccc2[nH]1)Sc1ccccn1. The summed E-state index contributed by atoms with van der Waals surface area (Å²) in [6.07, 6.45) is 1.65. The number of nitrogens with one attached hydrogen (secondary N) is 2. The van der Waals surface area contributed by atoms with Gasteiger partial charge >= 0.3 is 0 Å². The fraction of sp³-hybridized carbons (Fsp3) is 0. The Bertz CT molecular complexity index is 678. The molecule has 0 spiro atoms. The fourth-order valence-electron chi connectivity index (χ4n) is 1.64. The second kappa shape index (κ2) is 5.11. The highest BCUT2D eigenvalue weighted by Gasteiger charge is 2.08. The maximum absolute atomic E-state index is 11.8. The molecule has 6 heteroatoms. The van der Waals surface area contributed by atoms with E-state index >= 15 is 0 Å². The van der Waals surface area contributed by atoms with Crippen molar-refractivity contribution in [3.05, 3.63) is 48.7 Å². The van der Waals surface area contributed by atoms with E-state index in [1.54, 1.807) is 18.3 Å². The van der Waals surface area contributed by atoms with Crippen LogP contribution in [0.15, 0.2) is 53.7 Å². The molecule has 2 aromatic heterocycles. The number of H-pyrrole nitrogens is 1. The van der Waals surface area contributed by atoms with E-state index in [0.29, 0.717) is 11.0 Å². The molecule has 0 unspecified atom stereocenters. The first kappa shape index (κ1) is 11.7. The number of para-hydroxylation sites is 2. The molecule has 5 nitrogen and oxygen atoms in total. The fourth-order valence-corrected chi connectivity index (χ4v) is 2.23. The molecule has 0 radical (unpaired) electrons. The van der Waals surface area contributed by atoms with Gasteiger partial charge in [0.2, 0.25) is 5.95 Å². The maximum atomic E-state index is 11.8. The second-order valence-corrected chi connectivity index (χ2v) is 4.78. The molecule has 0 atom stereocenters. The molecule has 0 aliphatic rings. The molecular formula is C13H10N4OS. The van der Waals surface area contributed by atoms with Gasteiger partial charge in [-0.15, -0.1) is 0 Å². The molecule has 3 aromatic rings. The molecule has 0 bridgehead atoms. The number of anilines is 1. The molecule has 0 saturated heterocycles. The molecule has 0 fully saturated rings.